The first-order chi connectivity index (χ1) is 16.7. The predicted octanol–water partition coefficient (Wildman–Crippen LogP) is 3.05. The number of aromatic nitrogens is 4. The molecule has 12 heteroatoms. The highest BCUT2D eigenvalue weighted by Gasteiger charge is 2.31. The first-order valence-electron chi connectivity index (χ1n) is 10.8. The van der Waals surface area contributed by atoms with Crippen LogP contribution >= 0.6 is 0 Å². The first-order valence-corrected chi connectivity index (χ1v) is 10.8. The summed E-state index contributed by atoms with van der Waals surface area (Å²) in [6.07, 6.45) is -4.83. The van der Waals surface area contributed by atoms with Gasteiger partial charge in [0.2, 0.25) is 5.65 Å². The number of aliphatic hydroxyl groups is 1. The molecule has 0 saturated heterocycles. The summed E-state index contributed by atoms with van der Waals surface area (Å²) in [4.78, 5) is 20.4. The lowest BCUT2D eigenvalue weighted by atomic mass is 10.1. The lowest BCUT2D eigenvalue weighted by Crippen LogP contribution is -2.30. The third kappa shape index (κ3) is 5.38. The van der Waals surface area contributed by atoms with Crippen molar-refractivity contribution in [3.8, 4) is 11.5 Å². The number of fused-ring (bicyclic) bond motifs is 1. The third-order valence-corrected chi connectivity index (χ3v) is 5.34. The van der Waals surface area contributed by atoms with Gasteiger partial charge in [-0.15, -0.1) is 13.2 Å². The van der Waals surface area contributed by atoms with Gasteiger partial charge in [0, 0.05) is 13.1 Å². The van der Waals surface area contributed by atoms with Crippen molar-refractivity contribution in [1.29, 1.82) is 0 Å². The fraction of sp³-hybridized carbons (Fsp3) is 0.348. The van der Waals surface area contributed by atoms with Crippen LogP contribution in [0.15, 0.2) is 53.3 Å². The molecule has 2 heterocycles. The molecule has 35 heavy (non-hydrogen) atoms. The Kier molecular flexibility index (Phi) is 6.94. The number of hydrogen-bond donors (Lipinski definition) is 1. The van der Waals surface area contributed by atoms with Crippen LogP contribution < -0.4 is 15.1 Å². The average Bonchev–Trinajstić information content (AvgIpc) is 3.00. The van der Waals surface area contributed by atoms with Crippen molar-refractivity contribution < 1.29 is 32.6 Å². The number of alkyl halides is 3. The Hall–Kier alpha value is -3.64. The first kappa shape index (κ1) is 24.5. The zero-order chi connectivity index (χ0) is 25.2. The van der Waals surface area contributed by atoms with Gasteiger partial charge in [0.25, 0.3) is 5.56 Å². The van der Waals surface area contributed by atoms with Crippen LogP contribution in [0, 0.1) is 6.92 Å². The van der Waals surface area contributed by atoms with Crippen LogP contribution in [0.1, 0.15) is 11.1 Å². The maximum absolute atomic E-state index is 13.2. The summed E-state index contributed by atoms with van der Waals surface area (Å²) in [6.45, 7) is 2.75. The maximum atomic E-state index is 13.2. The van der Waals surface area contributed by atoms with Crippen molar-refractivity contribution >= 4 is 11.2 Å². The molecule has 0 bridgehead atoms. The van der Waals surface area contributed by atoms with Gasteiger partial charge in [-0.2, -0.15) is 0 Å². The van der Waals surface area contributed by atoms with E-state index in [2.05, 4.69) is 4.74 Å². The summed E-state index contributed by atoms with van der Waals surface area (Å²) in [5.41, 5.74) is 2.54. The van der Waals surface area contributed by atoms with Crippen LogP contribution in [0.4, 0.5) is 13.2 Å². The minimum absolute atomic E-state index is 0.0952. The van der Waals surface area contributed by atoms with Gasteiger partial charge in [0.1, 0.15) is 5.75 Å². The van der Waals surface area contributed by atoms with Gasteiger partial charge < -0.3 is 19.4 Å². The largest absolute Gasteiger partial charge is 0.573 e. The fourth-order valence-corrected chi connectivity index (χ4v) is 3.72. The molecule has 0 radical (unpaired) electrons. The molecule has 4 rings (SSSR count). The highest BCUT2D eigenvalue weighted by atomic mass is 19.4. The van der Waals surface area contributed by atoms with E-state index in [0.29, 0.717) is 17.7 Å². The molecule has 0 spiro atoms. The monoisotopic (exact) mass is 494 g/mol. The Bertz CT molecular complexity index is 1350. The lowest BCUT2D eigenvalue weighted by Gasteiger charge is -2.23. The van der Waals surface area contributed by atoms with Crippen LogP contribution in [0.5, 0.6) is 11.5 Å². The predicted molar refractivity (Wildman–Crippen MR) is 120 cm³/mol. The Labute approximate surface area is 198 Å². The molecule has 0 saturated carbocycles. The molecular formula is C23H25F3N4O5. The van der Waals surface area contributed by atoms with Crippen molar-refractivity contribution in [2.24, 2.45) is 7.05 Å². The summed E-state index contributed by atoms with van der Waals surface area (Å²) in [6, 6.07) is 12.9. The molecule has 0 aliphatic heterocycles. The Morgan fingerprint density at radius 1 is 1.00 bits per heavy atom. The Morgan fingerprint density at radius 3 is 2.40 bits per heavy atom. The van der Waals surface area contributed by atoms with E-state index in [1.54, 1.807) is 16.4 Å². The highest BCUT2D eigenvalue weighted by Crippen LogP contribution is 2.28. The van der Waals surface area contributed by atoms with Gasteiger partial charge in [-0.25, -0.2) is 9.36 Å². The van der Waals surface area contributed by atoms with Crippen LogP contribution in [-0.2, 0) is 24.9 Å². The van der Waals surface area contributed by atoms with Gasteiger partial charge in [0.15, 0.2) is 11.3 Å². The van der Waals surface area contributed by atoms with Gasteiger partial charge in [-0.3, -0.25) is 9.48 Å². The number of halogens is 3. The minimum Gasteiger partial charge on any atom is -0.406 e. The molecule has 0 amide bonds. The SMILES string of the molecule is Cc1ccc(Cn2c3c(=O)n(CCOCCO)n(C)c3n2Oc2cccc(OC(F)(F)F)c2)cc1. The van der Waals surface area contributed by atoms with Crippen molar-refractivity contribution in [2.45, 2.75) is 26.4 Å². The van der Waals surface area contributed by atoms with E-state index in [1.165, 1.54) is 27.7 Å². The van der Waals surface area contributed by atoms with Gasteiger partial charge in [0.05, 0.1) is 32.9 Å². The third-order valence-electron chi connectivity index (χ3n) is 5.34. The molecule has 0 atom stereocenters. The van der Waals surface area contributed by atoms with Crippen molar-refractivity contribution in [3.63, 3.8) is 0 Å². The van der Waals surface area contributed by atoms with Crippen molar-refractivity contribution in [2.75, 3.05) is 19.8 Å². The molecule has 9 nitrogen and oxygen atoms in total. The Balaban J connectivity index is 1.71. The smallest absolute Gasteiger partial charge is 0.406 e. The molecule has 0 fully saturated rings. The number of aryl methyl sites for hydroxylation is 2. The van der Waals surface area contributed by atoms with E-state index >= 15 is 0 Å². The van der Waals surface area contributed by atoms with Gasteiger partial charge in [-0.1, -0.05) is 40.7 Å². The number of benzene rings is 2. The number of rotatable bonds is 10. The molecule has 0 unspecified atom stereocenters. The van der Waals surface area contributed by atoms with Gasteiger partial charge in [-0.05, 0) is 24.6 Å². The molecule has 0 aliphatic rings. The normalized spacial score (nSPS) is 11.9. The molecule has 2 aromatic carbocycles. The maximum Gasteiger partial charge on any atom is 0.573 e. The molecule has 1 N–H and O–H groups in total. The summed E-state index contributed by atoms with van der Waals surface area (Å²) in [5.74, 6) is -0.328. The van der Waals surface area contributed by atoms with E-state index in [4.69, 9.17) is 14.7 Å². The van der Waals surface area contributed by atoms with Gasteiger partial charge >= 0.3 is 6.36 Å². The fourth-order valence-electron chi connectivity index (χ4n) is 3.72. The molecule has 2 aromatic heterocycles. The summed E-state index contributed by atoms with van der Waals surface area (Å²) in [5, 5.41) is 8.88. The molecule has 4 aromatic rings. The molecule has 188 valence electrons. The molecule has 0 aliphatic carbocycles. The van der Waals surface area contributed by atoms with Crippen LogP contribution in [-0.4, -0.2) is 50.2 Å². The number of hydrogen-bond acceptors (Lipinski definition) is 5. The van der Waals surface area contributed by atoms with E-state index in [1.807, 2.05) is 31.2 Å². The second-order valence-electron chi connectivity index (χ2n) is 7.89. The second-order valence-corrected chi connectivity index (χ2v) is 7.89. The standard InChI is InChI=1S/C23H25F3N4O5/c1-16-6-8-17(9-7-16)15-29-20-21(27(2)28(22(20)32)10-12-33-13-11-31)30(29)35-19-5-3-4-18(14-19)34-23(24,25)26/h3-9,14,31H,10-13,15H2,1-2H3. The van der Waals surface area contributed by atoms with E-state index in [-0.39, 0.29) is 37.7 Å². The topological polar surface area (TPSA) is 84.7 Å². The van der Waals surface area contributed by atoms with Crippen LogP contribution in [0.3, 0.4) is 0 Å². The lowest BCUT2D eigenvalue weighted by molar-refractivity contribution is -0.274. The number of nitrogens with zero attached hydrogens (tertiary/aromatic N) is 4. The summed E-state index contributed by atoms with van der Waals surface area (Å²) >= 11 is 0. The van der Waals surface area contributed by atoms with E-state index < -0.39 is 12.1 Å². The van der Waals surface area contributed by atoms with Crippen LogP contribution in [0.25, 0.3) is 11.2 Å². The summed E-state index contributed by atoms with van der Waals surface area (Å²) in [7, 11) is 1.68. The summed E-state index contributed by atoms with van der Waals surface area (Å²) < 4.78 is 51.9. The zero-order valence-corrected chi connectivity index (χ0v) is 19.2. The average molecular weight is 494 g/mol. The second kappa shape index (κ2) is 9.92. The number of ether oxygens (including phenoxy) is 2. The van der Waals surface area contributed by atoms with Crippen molar-refractivity contribution in [3.05, 3.63) is 70.0 Å². The molecular weight excluding hydrogens is 469 g/mol. The highest BCUT2D eigenvalue weighted by molar-refractivity contribution is 5.73. The number of aliphatic hydroxyl groups excluding tert-OH is 1. The minimum atomic E-state index is -4.83. The zero-order valence-electron chi connectivity index (χ0n) is 19.2. The van der Waals surface area contributed by atoms with Crippen molar-refractivity contribution in [1.82, 2.24) is 18.9 Å². The Morgan fingerprint density at radius 2 is 1.71 bits per heavy atom. The van der Waals surface area contributed by atoms with E-state index in [0.717, 1.165) is 17.2 Å². The van der Waals surface area contributed by atoms with Crippen LogP contribution in [0.2, 0.25) is 0 Å². The quantitative estimate of drug-likeness (QED) is 0.343. The van der Waals surface area contributed by atoms with E-state index in [9.17, 15) is 18.0 Å².